The fraction of sp³-hybridized carbons (Fsp3) is 0.727. The number of hydrogen-bond donors (Lipinski definition) is 0. The smallest absolute Gasteiger partial charge is 0.306 e. The Labute approximate surface area is 514 Å². The van der Waals surface area contributed by atoms with Crippen LogP contribution in [0.25, 0.3) is 0 Å². The quantitative estimate of drug-likeness (QED) is 0.0261. The van der Waals surface area contributed by atoms with Crippen LogP contribution in [0.2, 0.25) is 0 Å². The highest BCUT2D eigenvalue weighted by Crippen LogP contribution is 2.17. The lowest BCUT2D eigenvalue weighted by atomic mass is 10.0. The molecule has 0 heterocycles. The van der Waals surface area contributed by atoms with E-state index in [0.717, 1.165) is 122 Å². The van der Waals surface area contributed by atoms with E-state index in [1.165, 1.54) is 180 Å². The van der Waals surface area contributed by atoms with Gasteiger partial charge < -0.3 is 14.2 Å². The first-order valence-electron chi connectivity index (χ1n) is 35.4. The molecule has 6 nitrogen and oxygen atoms in total. The summed E-state index contributed by atoms with van der Waals surface area (Å²) in [6.45, 7) is 6.43. The Kier molecular flexibility index (Phi) is 67.2. The summed E-state index contributed by atoms with van der Waals surface area (Å²) in [5.41, 5.74) is 0. The van der Waals surface area contributed by atoms with Gasteiger partial charge in [0.2, 0.25) is 0 Å². The molecule has 0 aromatic rings. The normalized spacial score (nSPS) is 12.8. The molecule has 0 spiro atoms. The molecule has 0 saturated heterocycles. The van der Waals surface area contributed by atoms with E-state index in [4.69, 9.17) is 14.2 Å². The van der Waals surface area contributed by atoms with Crippen molar-refractivity contribution in [1.29, 1.82) is 0 Å². The van der Waals surface area contributed by atoms with Gasteiger partial charge in [-0.3, -0.25) is 14.4 Å². The van der Waals surface area contributed by atoms with Crippen molar-refractivity contribution in [2.75, 3.05) is 13.2 Å². The Morgan fingerprint density at radius 1 is 0.253 bits per heavy atom. The minimum atomic E-state index is -0.788. The third kappa shape index (κ3) is 68.7. The van der Waals surface area contributed by atoms with Crippen LogP contribution in [0.15, 0.2) is 109 Å². The maximum absolute atomic E-state index is 12.9. The summed E-state index contributed by atoms with van der Waals surface area (Å²) in [5, 5.41) is 0. The van der Waals surface area contributed by atoms with Crippen LogP contribution in [-0.4, -0.2) is 37.2 Å². The van der Waals surface area contributed by atoms with Gasteiger partial charge in [-0.2, -0.15) is 0 Å². The highest BCUT2D eigenvalue weighted by molar-refractivity contribution is 5.71. The predicted octanol–water partition coefficient (Wildman–Crippen LogP) is 24.6. The molecule has 0 N–H and O–H groups in total. The molecular weight excluding hydrogens is 1020 g/mol. The molecule has 0 aliphatic carbocycles. The highest BCUT2D eigenvalue weighted by atomic mass is 16.6. The minimum absolute atomic E-state index is 0.0821. The van der Waals surface area contributed by atoms with Gasteiger partial charge in [0.15, 0.2) is 6.10 Å². The molecule has 0 bridgehead atoms. The maximum Gasteiger partial charge on any atom is 0.306 e. The van der Waals surface area contributed by atoms with Gasteiger partial charge in [-0.15, -0.1) is 0 Å². The maximum atomic E-state index is 12.9. The lowest BCUT2D eigenvalue weighted by molar-refractivity contribution is -0.167. The average molecular weight is 1150 g/mol. The topological polar surface area (TPSA) is 78.9 Å². The summed E-state index contributed by atoms with van der Waals surface area (Å²) in [6.07, 6.45) is 96.9. The van der Waals surface area contributed by atoms with E-state index in [0.29, 0.717) is 19.3 Å². The third-order valence-electron chi connectivity index (χ3n) is 15.2. The molecule has 0 saturated carbocycles. The molecule has 0 amide bonds. The Morgan fingerprint density at radius 2 is 0.470 bits per heavy atom. The molecule has 1 unspecified atom stereocenters. The van der Waals surface area contributed by atoms with E-state index >= 15 is 0 Å². The van der Waals surface area contributed by atoms with Crippen LogP contribution < -0.4 is 0 Å². The van der Waals surface area contributed by atoms with Gasteiger partial charge in [0, 0.05) is 19.3 Å². The Morgan fingerprint density at radius 3 is 0.747 bits per heavy atom. The van der Waals surface area contributed by atoms with Gasteiger partial charge in [0.1, 0.15) is 13.2 Å². The van der Waals surface area contributed by atoms with Gasteiger partial charge in [-0.05, 0) is 122 Å². The molecule has 0 aromatic carbocycles. The molecular formula is C77H132O6. The number of allylic oxidation sites excluding steroid dienone is 18. The van der Waals surface area contributed by atoms with Crippen LogP contribution in [0.3, 0.4) is 0 Å². The molecule has 6 heteroatoms. The van der Waals surface area contributed by atoms with E-state index in [2.05, 4.69) is 130 Å². The van der Waals surface area contributed by atoms with Crippen molar-refractivity contribution < 1.29 is 28.6 Å². The molecule has 0 radical (unpaired) electrons. The number of ether oxygens (including phenoxy) is 3. The molecule has 0 rings (SSSR count). The number of esters is 3. The van der Waals surface area contributed by atoms with E-state index in [-0.39, 0.29) is 31.1 Å². The van der Waals surface area contributed by atoms with Crippen LogP contribution in [0.4, 0.5) is 0 Å². The van der Waals surface area contributed by atoms with Gasteiger partial charge >= 0.3 is 17.9 Å². The molecule has 0 aliphatic heterocycles. The lowest BCUT2D eigenvalue weighted by Crippen LogP contribution is -2.30. The zero-order chi connectivity index (χ0) is 59.9. The number of unbranched alkanes of at least 4 members (excludes halogenated alkanes) is 35. The van der Waals surface area contributed by atoms with Crippen molar-refractivity contribution in [2.45, 2.75) is 348 Å². The number of carbonyl (C=O) groups is 3. The van der Waals surface area contributed by atoms with Crippen LogP contribution >= 0.6 is 0 Å². The van der Waals surface area contributed by atoms with Crippen LogP contribution in [0, 0.1) is 0 Å². The molecule has 0 aliphatic rings. The van der Waals surface area contributed by atoms with Gasteiger partial charge in [0.05, 0.1) is 0 Å². The second kappa shape index (κ2) is 70.6. The Hall–Kier alpha value is -3.93. The van der Waals surface area contributed by atoms with Crippen LogP contribution in [-0.2, 0) is 28.6 Å². The van der Waals surface area contributed by atoms with Gasteiger partial charge in [0.25, 0.3) is 0 Å². The molecule has 83 heavy (non-hydrogen) atoms. The molecule has 476 valence electrons. The molecule has 1 atom stereocenters. The van der Waals surface area contributed by atoms with E-state index in [1.807, 2.05) is 0 Å². The third-order valence-corrected chi connectivity index (χ3v) is 15.2. The van der Waals surface area contributed by atoms with Crippen molar-refractivity contribution >= 4 is 17.9 Å². The zero-order valence-corrected chi connectivity index (χ0v) is 54.7. The second-order valence-corrected chi connectivity index (χ2v) is 23.4. The van der Waals surface area contributed by atoms with Crippen molar-refractivity contribution in [2.24, 2.45) is 0 Å². The zero-order valence-electron chi connectivity index (χ0n) is 54.7. The monoisotopic (exact) mass is 1150 g/mol. The fourth-order valence-corrected chi connectivity index (χ4v) is 10.0. The summed E-state index contributed by atoms with van der Waals surface area (Å²) in [4.78, 5) is 38.4. The fourth-order valence-electron chi connectivity index (χ4n) is 10.0. The molecule has 0 aromatic heterocycles. The van der Waals surface area contributed by atoms with E-state index in [1.54, 1.807) is 0 Å². The first-order valence-corrected chi connectivity index (χ1v) is 35.4. The summed E-state index contributed by atoms with van der Waals surface area (Å²) < 4.78 is 17.0. The summed E-state index contributed by atoms with van der Waals surface area (Å²) in [7, 11) is 0. The number of hydrogen-bond acceptors (Lipinski definition) is 6. The average Bonchev–Trinajstić information content (AvgIpc) is 3.49. The molecule has 0 fully saturated rings. The van der Waals surface area contributed by atoms with Crippen molar-refractivity contribution in [3.63, 3.8) is 0 Å². The Balaban J connectivity index is 4.21. The summed E-state index contributed by atoms with van der Waals surface area (Å²) in [5.74, 6) is -0.886. The SMILES string of the molecule is CC/C=C\C/C=C\C/C=C\C/C=C\C/C=C\CCCCCCCCCCCCCCCCCCCC(=O)OCC(COC(=O)CCCCCCC/C=C\CCCCCCCC)OC(=O)CCCCCCCCC/C=C\C/C=C\C/C=C\CC. The minimum Gasteiger partial charge on any atom is -0.462 e. The Bertz CT molecular complexity index is 1660. The lowest BCUT2D eigenvalue weighted by Gasteiger charge is -2.18. The van der Waals surface area contributed by atoms with E-state index < -0.39 is 6.10 Å². The van der Waals surface area contributed by atoms with Crippen LogP contribution in [0.5, 0.6) is 0 Å². The number of carbonyl (C=O) groups excluding carboxylic acids is 3. The summed E-state index contributed by atoms with van der Waals surface area (Å²) in [6, 6.07) is 0. The summed E-state index contributed by atoms with van der Waals surface area (Å²) >= 11 is 0. The van der Waals surface area contributed by atoms with Crippen molar-refractivity contribution in [3.8, 4) is 0 Å². The van der Waals surface area contributed by atoms with Crippen LogP contribution in [0.1, 0.15) is 342 Å². The van der Waals surface area contributed by atoms with Crippen molar-refractivity contribution in [1.82, 2.24) is 0 Å². The first kappa shape index (κ1) is 79.1. The van der Waals surface area contributed by atoms with Gasteiger partial charge in [-0.25, -0.2) is 0 Å². The predicted molar refractivity (Wildman–Crippen MR) is 362 cm³/mol. The first-order chi connectivity index (χ1) is 41.0. The standard InChI is InChI=1S/C77H132O6/c1-4-7-10-13-16-19-22-25-28-30-31-32-33-34-35-36-37-38-39-40-41-42-43-44-45-47-49-52-55-58-61-64-67-70-76(79)82-73-74(72-81-75(78)69-66-63-60-57-54-51-48-27-24-21-18-15-12-9-6-3)83-77(80)71-68-65-62-59-56-53-50-46-29-26-23-20-17-14-11-8-5-2/h7-8,10-11,16-17,19-20,25-29,31-32,34-35,48,74H,4-6,9,12-15,18,21-24,30,33,36-47,49-73H2,1-3H3/b10-7-,11-8-,19-16-,20-17-,28-25-,29-26-,32-31-,35-34-,48-27-. The number of rotatable bonds is 64. The van der Waals surface area contributed by atoms with Crippen molar-refractivity contribution in [3.05, 3.63) is 109 Å². The second-order valence-electron chi connectivity index (χ2n) is 23.4. The van der Waals surface area contributed by atoms with E-state index in [9.17, 15) is 14.4 Å². The highest BCUT2D eigenvalue weighted by Gasteiger charge is 2.19. The largest absolute Gasteiger partial charge is 0.462 e. The van der Waals surface area contributed by atoms with Gasteiger partial charge in [-0.1, -0.05) is 310 Å².